The second kappa shape index (κ2) is 11.1. The lowest BCUT2D eigenvalue weighted by Crippen LogP contribution is -2.13. The summed E-state index contributed by atoms with van der Waals surface area (Å²) in [5.41, 5.74) is 1.58. The van der Waals surface area contributed by atoms with Gasteiger partial charge >= 0.3 is 11.9 Å². The van der Waals surface area contributed by atoms with Gasteiger partial charge in [0.1, 0.15) is 29.6 Å². The SMILES string of the molecule is COC(=O)c1ccc(NC(=O)/C(C#N)=C\c2ccc(OCc3ccccc3)c(C(=O)O)c2)cc1. The minimum Gasteiger partial charge on any atom is -0.488 e. The van der Waals surface area contributed by atoms with Crippen molar-refractivity contribution in [2.45, 2.75) is 6.61 Å². The van der Waals surface area contributed by atoms with Gasteiger partial charge in [-0.15, -0.1) is 0 Å². The Bertz CT molecular complexity index is 1270. The maximum Gasteiger partial charge on any atom is 0.339 e. The number of methoxy groups -OCH3 is 1. The number of esters is 1. The van der Waals surface area contributed by atoms with Crippen LogP contribution in [0, 0.1) is 11.3 Å². The van der Waals surface area contributed by atoms with E-state index in [0.717, 1.165) is 5.56 Å². The zero-order valence-corrected chi connectivity index (χ0v) is 18.1. The number of nitrogens with one attached hydrogen (secondary N) is 1. The molecule has 0 unspecified atom stereocenters. The maximum atomic E-state index is 12.5. The molecule has 0 fully saturated rings. The molecule has 2 N–H and O–H groups in total. The summed E-state index contributed by atoms with van der Waals surface area (Å²) in [6.45, 7) is 0.191. The molecule has 0 spiro atoms. The highest BCUT2D eigenvalue weighted by atomic mass is 16.5. The van der Waals surface area contributed by atoms with Gasteiger partial charge in [-0.05, 0) is 53.6 Å². The molecule has 8 heteroatoms. The summed E-state index contributed by atoms with van der Waals surface area (Å²) in [5, 5.41) is 21.6. The molecular weight excluding hydrogens is 436 g/mol. The quantitative estimate of drug-likeness (QED) is 0.294. The largest absolute Gasteiger partial charge is 0.488 e. The Balaban J connectivity index is 1.77. The van der Waals surface area contributed by atoms with E-state index in [2.05, 4.69) is 10.1 Å². The Morgan fingerprint density at radius 2 is 1.74 bits per heavy atom. The predicted molar refractivity (Wildman–Crippen MR) is 124 cm³/mol. The Kier molecular flexibility index (Phi) is 7.76. The number of anilines is 1. The third-order valence-corrected chi connectivity index (χ3v) is 4.71. The number of carbonyl (C=O) groups excluding carboxylic acids is 2. The molecule has 170 valence electrons. The fourth-order valence-electron chi connectivity index (χ4n) is 2.99. The second-order valence-corrected chi connectivity index (χ2v) is 7.03. The van der Waals surface area contributed by atoms with E-state index in [-0.39, 0.29) is 23.5 Å². The number of nitriles is 1. The van der Waals surface area contributed by atoms with Gasteiger partial charge in [0.25, 0.3) is 5.91 Å². The van der Waals surface area contributed by atoms with Crippen LogP contribution in [-0.2, 0) is 16.1 Å². The summed E-state index contributed by atoms with van der Waals surface area (Å²) in [5.74, 6) is -2.23. The van der Waals surface area contributed by atoms with Crippen LogP contribution in [-0.4, -0.2) is 30.1 Å². The maximum absolute atomic E-state index is 12.5. The number of amides is 1. The van der Waals surface area contributed by atoms with Crippen molar-refractivity contribution in [1.82, 2.24) is 0 Å². The molecule has 34 heavy (non-hydrogen) atoms. The number of hydrogen-bond donors (Lipinski definition) is 2. The molecule has 0 bridgehead atoms. The number of hydrogen-bond acceptors (Lipinski definition) is 6. The molecule has 3 aromatic carbocycles. The van der Waals surface area contributed by atoms with Crippen LogP contribution in [0.5, 0.6) is 5.75 Å². The molecule has 0 radical (unpaired) electrons. The molecule has 0 aliphatic carbocycles. The van der Waals surface area contributed by atoms with E-state index in [4.69, 9.17) is 4.74 Å². The number of benzene rings is 3. The standard InChI is InChI=1S/C26H20N2O6/c1-33-26(32)19-8-10-21(11-9-19)28-24(29)20(15-27)13-18-7-12-23(22(14-18)25(30)31)34-16-17-5-3-2-4-6-17/h2-14H,16H2,1H3,(H,28,29)(H,30,31)/b20-13-. The first kappa shape index (κ1) is 23.8. The average molecular weight is 456 g/mol. The smallest absolute Gasteiger partial charge is 0.339 e. The summed E-state index contributed by atoms with van der Waals surface area (Å²) in [7, 11) is 1.26. The summed E-state index contributed by atoms with van der Waals surface area (Å²) in [4.78, 5) is 35.8. The van der Waals surface area contributed by atoms with Gasteiger partial charge in [0.15, 0.2) is 0 Å². The van der Waals surface area contributed by atoms with Crippen molar-refractivity contribution in [2.75, 3.05) is 12.4 Å². The van der Waals surface area contributed by atoms with E-state index in [1.165, 1.54) is 49.6 Å². The fraction of sp³-hybridized carbons (Fsp3) is 0.0769. The minimum atomic E-state index is -1.20. The summed E-state index contributed by atoms with van der Waals surface area (Å²) in [6, 6.07) is 21.4. The zero-order chi connectivity index (χ0) is 24.5. The van der Waals surface area contributed by atoms with Crippen LogP contribution < -0.4 is 10.1 Å². The lowest BCUT2D eigenvalue weighted by atomic mass is 10.1. The number of nitrogens with zero attached hydrogens (tertiary/aromatic N) is 1. The lowest BCUT2D eigenvalue weighted by molar-refractivity contribution is -0.112. The lowest BCUT2D eigenvalue weighted by Gasteiger charge is -2.10. The molecule has 0 heterocycles. The number of carboxylic acids is 1. The van der Waals surface area contributed by atoms with Gasteiger partial charge in [0.05, 0.1) is 12.7 Å². The Morgan fingerprint density at radius 1 is 1.03 bits per heavy atom. The van der Waals surface area contributed by atoms with Crippen LogP contribution in [0.15, 0.2) is 78.4 Å². The van der Waals surface area contributed by atoms with Crippen LogP contribution >= 0.6 is 0 Å². The van der Waals surface area contributed by atoms with Gasteiger partial charge in [-0.1, -0.05) is 36.4 Å². The van der Waals surface area contributed by atoms with Crippen molar-refractivity contribution in [3.63, 3.8) is 0 Å². The number of carbonyl (C=O) groups is 3. The topological polar surface area (TPSA) is 126 Å². The summed E-state index contributed by atoms with van der Waals surface area (Å²) < 4.78 is 10.3. The third-order valence-electron chi connectivity index (χ3n) is 4.71. The van der Waals surface area contributed by atoms with E-state index in [1.807, 2.05) is 36.4 Å². The van der Waals surface area contributed by atoms with Crippen molar-refractivity contribution in [2.24, 2.45) is 0 Å². The first-order chi connectivity index (χ1) is 16.4. The van der Waals surface area contributed by atoms with E-state index in [0.29, 0.717) is 16.8 Å². The van der Waals surface area contributed by atoms with Crippen LogP contribution in [0.3, 0.4) is 0 Å². The Hall–Kier alpha value is -4.90. The highest BCUT2D eigenvalue weighted by Gasteiger charge is 2.15. The average Bonchev–Trinajstić information content (AvgIpc) is 2.86. The van der Waals surface area contributed by atoms with Gasteiger partial charge < -0.3 is 19.9 Å². The number of ether oxygens (including phenoxy) is 2. The summed E-state index contributed by atoms with van der Waals surface area (Å²) in [6.07, 6.45) is 1.28. The molecule has 0 saturated heterocycles. The van der Waals surface area contributed by atoms with Gasteiger partial charge in [0, 0.05) is 5.69 Å². The van der Waals surface area contributed by atoms with Crippen LogP contribution in [0.25, 0.3) is 6.08 Å². The molecule has 0 aliphatic heterocycles. The number of carboxylic acid groups (broad SMARTS) is 1. The highest BCUT2D eigenvalue weighted by molar-refractivity contribution is 6.10. The first-order valence-corrected chi connectivity index (χ1v) is 10.1. The molecule has 1 amide bonds. The minimum absolute atomic E-state index is 0.0965. The van der Waals surface area contributed by atoms with Crippen molar-refractivity contribution >= 4 is 29.6 Å². The van der Waals surface area contributed by atoms with Crippen molar-refractivity contribution in [3.8, 4) is 11.8 Å². The second-order valence-electron chi connectivity index (χ2n) is 7.03. The van der Waals surface area contributed by atoms with E-state index in [9.17, 15) is 24.8 Å². The van der Waals surface area contributed by atoms with Gasteiger partial charge in [-0.25, -0.2) is 9.59 Å². The monoisotopic (exact) mass is 456 g/mol. The number of aromatic carboxylic acids is 1. The Labute approximate surface area is 195 Å². The normalized spacial score (nSPS) is 10.6. The molecule has 3 rings (SSSR count). The van der Waals surface area contributed by atoms with Gasteiger partial charge in [-0.2, -0.15) is 5.26 Å². The van der Waals surface area contributed by atoms with Gasteiger partial charge in [-0.3, -0.25) is 4.79 Å². The zero-order valence-electron chi connectivity index (χ0n) is 18.1. The molecular formula is C26H20N2O6. The van der Waals surface area contributed by atoms with E-state index < -0.39 is 17.8 Å². The molecule has 3 aromatic rings. The van der Waals surface area contributed by atoms with Crippen LogP contribution in [0.2, 0.25) is 0 Å². The van der Waals surface area contributed by atoms with E-state index in [1.54, 1.807) is 6.07 Å². The van der Waals surface area contributed by atoms with Crippen LogP contribution in [0.4, 0.5) is 5.69 Å². The first-order valence-electron chi connectivity index (χ1n) is 10.1. The fourth-order valence-corrected chi connectivity index (χ4v) is 2.99. The van der Waals surface area contributed by atoms with E-state index >= 15 is 0 Å². The number of rotatable bonds is 8. The summed E-state index contributed by atoms with van der Waals surface area (Å²) >= 11 is 0. The van der Waals surface area contributed by atoms with Crippen molar-refractivity contribution in [3.05, 3.63) is 101 Å². The molecule has 8 nitrogen and oxygen atoms in total. The molecule has 0 atom stereocenters. The van der Waals surface area contributed by atoms with Crippen molar-refractivity contribution in [1.29, 1.82) is 5.26 Å². The Morgan fingerprint density at radius 3 is 2.35 bits per heavy atom. The molecule has 0 aliphatic rings. The van der Waals surface area contributed by atoms with Crippen molar-refractivity contribution < 1.29 is 29.0 Å². The predicted octanol–water partition coefficient (Wildman–Crippen LogP) is 4.30. The van der Waals surface area contributed by atoms with Crippen LogP contribution in [0.1, 0.15) is 31.8 Å². The third kappa shape index (κ3) is 6.08. The van der Waals surface area contributed by atoms with Gasteiger partial charge in [0.2, 0.25) is 0 Å². The molecule has 0 aromatic heterocycles. The highest BCUT2D eigenvalue weighted by Crippen LogP contribution is 2.23. The molecule has 0 saturated carbocycles.